The Morgan fingerprint density at radius 1 is 1.62 bits per heavy atom. The van der Waals surface area contributed by atoms with Gasteiger partial charge in [0.25, 0.3) is 0 Å². The van der Waals surface area contributed by atoms with Gasteiger partial charge in [-0.15, -0.1) is 0 Å². The highest BCUT2D eigenvalue weighted by Gasteiger charge is 2.23. The average Bonchev–Trinajstić information content (AvgIpc) is 3.05. The fraction of sp³-hybridized carbons (Fsp3) is 0.714. The summed E-state index contributed by atoms with van der Waals surface area (Å²) in [5, 5.41) is 7.60. The van der Waals surface area contributed by atoms with Crippen molar-refractivity contribution in [3.8, 4) is 0 Å². The highest BCUT2D eigenvalue weighted by Crippen LogP contribution is 2.12. The second-order valence-electron chi connectivity index (χ2n) is 5.71. The molecule has 0 bridgehead atoms. The van der Waals surface area contributed by atoms with Gasteiger partial charge < -0.3 is 15.1 Å². The van der Waals surface area contributed by atoms with Crippen LogP contribution in [0.5, 0.6) is 0 Å². The van der Waals surface area contributed by atoms with Crippen molar-refractivity contribution in [2.45, 2.75) is 25.4 Å². The molecule has 21 heavy (non-hydrogen) atoms. The average molecular weight is 314 g/mol. The maximum absolute atomic E-state index is 11.8. The van der Waals surface area contributed by atoms with Crippen LogP contribution < -0.4 is 5.32 Å². The van der Waals surface area contributed by atoms with Gasteiger partial charge in [0.1, 0.15) is 0 Å². The fourth-order valence-electron chi connectivity index (χ4n) is 2.59. The standard InChI is InChI=1S/C14H24ClN5O/c1-18-6-3-13(11-18)19(2)7-4-14(21)16-5-8-20-10-12(15)9-17-20/h9-10,13H,3-8,11H2,1-2H3,(H,16,21)/t13-/m1/s1. The molecule has 1 aliphatic heterocycles. The number of likely N-dealkylation sites (N-methyl/N-ethyl adjacent to an activating group) is 2. The Kier molecular flexibility index (Phi) is 6.02. The molecule has 1 atom stereocenters. The number of halogens is 1. The second kappa shape index (κ2) is 7.77. The quantitative estimate of drug-likeness (QED) is 0.804. The summed E-state index contributed by atoms with van der Waals surface area (Å²) in [6, 6.07) is 0.578. The maximum Gasteiger partial charge on any atom is 0.221 e. The van der Waals surface area contributed by atoms with Gasteiger partial charge in [0, 0.05) is 38.3 Å². The molecule has 0 unspecified atom stereocenters. The van der Waals surface area contributed by atoms with Crippen molar-refractivity contribution in [3.05, 3.63) is 17.4 Å². The zero-order chi connectivity index (χ0) is 15.2. The van der Waals surface area contributed by atoms with Crippen molar-refractivity contribution in [2.24, 2.45) is 0 Å². The van der Waals surface area contributed by atoms with Gasteiger partial charge in [0.2, 0.25) is 5.91 Å². The Labute approximate surface area is 131 Å². The number of hydrogen-bond donors (Lipinski definition) is 1. The smallest absolute Gasteiger partial charge is 0.221 e. The number of nitrogens with one attached hydrogen (secondary N) is 1. The number of amides is 1. The van der Waals surface area contributed by atoms with Crippen LogP contribution in [0.25, 0.3) is 0 Å². The molecular formula is C14H24ClN5O. The lowest BCUT2D eigenvalue weighted by molar-refractivity contribution is -0.121. The molecule has 118 valence electrons. The first-order chi connectivity index (χ1) is 10.0. The molecule has 0 spiro atoms. The monoisotopic (exact) mass is 313 g/mol. The third-order valence-electron chi connectivity index (χ3n) is 3.95. The molecule has 7 heteroatoms. The van der Waals surface area contributed by atoms with E-state index >= 15 is 0 Å². The van der Waals surface area contributed by atoms with Gasteiger partial charge in [0.05, 0.1) is 17.8 Å². The van der Waals surface area contributed by atoms with E-state index in [9.17, 15) is 4.79 Å². The number of rotatable bonds is 7. The van der Waals surface area contributed by atoms with Crippen molar-refractivity contribution in [1.82, 2.24) is 24.9 Å². The van der Waals surface area contributed by atoms with Crippen LogP contribution in [-0.2, 0) is 11.3 Å². The van der Waals surface area contributed by atoms with Gasteiger partial charge in [-0.25, -0.2) is 0 Å². The summed E-state index contributed by atoms with van der Waals surface area (Å²) < 4.78 is 1.73. The number of carbonyl (C=O) groups excluding carboxylic acids is 1. The summed E-state index contributed by atoms with van der Waals surface area (Å²) in [6.45, 7) is 4.26. The summed E-state index contributed by atoms with van der Waals surface area (Å²) >= 11 is 5.78. The molecule has 1 aliphatic rings. The number of aromatic nitrogens is 2. The van der Waals surface area contributed by atoms with Gasteiger partial charge >= 0.3 is 0 Å². The molecule has 1 N–H and O–H groups in total. The molecule has 1 aromatic heterocycles. The molecule has 1 fully saturated rings. The summed E-state index contributed by atoms with van der Waals surface area (Å²) in [5.41, 5.74) is 0. The third kappa shape index (κ3) is 5.30. The van der Waals surface area contributed by atoms with Gasteiger partial charge in [-0.1, -0.05) is 11.6 Å². The van der Waals surface area contributed by atoms with E-state index in [0.717, 1.165) is 19.6 Å². The van der Waals surface area contributed by atoms with E-state index in [1.165, 1.54) is 6.42 Å². The van der Waals surface area contributed by atoms with E-state index in [1.807, 2.05) is 0 Å². The van der Waals surface area contributed by atoms with Gasteiger partial charge in [0.15, 0.2) is 0 Å². The summed E-state index contributed by atoms with van der Waals surface area (Å²) in [6.07, 6.45) is 5.07. The molecule has 1 aromatic rings. The number of carbonyl (C=O) groups is 1. The SMILES string of the molecule is CN1CC[C@@H](N(C)CCC(=O)NCCn2cc(Cl)cn2)C1. The van der Waals surface area contributed by atoms with Crippen LogP contribution >= 0.6 is 11.6 Å². The van der Waals surface area contributed by atoms with Gasteiger partial charge in [-0.2, -0.15) is 5.10 Å². The van der Waals surface area contributed by atoms with Crippen LogP contribution in [-0.4, -0.2) is 71.8 Å². The summed E-state index contributed by atoms with van der Waals surface area (Å²) in [7, 11) is 4.24. The Morgan fingerprint density at radius 3 is 3.05 bits per heavy atom. The minimum absolute atomic E-state index is 0.0893. The van der Waals surface area contributed by atoms with Crippen LogP contribution in [0.2, 0.25) is 5.02 Å². The molecule has 2 heterocycles. The Bertz CT molecular complexity index is 464. The minimum Gasteiger partial charge on any atom is -0.354 e. The molecule has 1 saturated heterocycles. The number of hydrogen-bond acceptors (Lipinski definition) is 4. The van der Waals surface area contributed by atoms with Crippen LogP contribution in [0.3, 0.4) is 0 Å². The van der Waals surface area contributed by atoms with Crippen LogP contribution in [0.15, 0.2) is 12.4 Å². The lowest BCUT2D eigenvalue weighted by atomic mass is 10.2. The van der Waals surface area contributed by atoms with E-state index in [0.29, 0.717) is 30.6 Å². The van der Waals surface area contributed by atoms with Crippen molar-refractivity contribution in [1.29, 1.82) is 0 Å². The van der Waals surface area contributed by atoms with Crippen molar-refractivity contribution < 1.29 is 4.79 Å². The first-order valence-corrected chi connectivity index (χ1v) is 7.76. The van der Waals surface area contributed by atoms with Crippen LogP contribution in [0.4, 0.5) is 0 Å². The lowest BCUT2D eigenvalue weighted by Crippen LogP contribution is -2.37. The van der Waals surface area contributed by atoms with E-state index in [4.69, 9.17) is 11.6 Å². The predicted molar refractivity (Wildman–Crippen MR) is 83.4 cm³/mol. The largest absolute Gasteiger partial charge is 0.354 e. The second-order valence-corrected chi connectivity index (χ2v) is 6.14. The highest BCUT2D eigenvalue weighted by atomic mass is 35.5. The molecule has 6 nitrogen and oxygen atoms in total. The third-order valence-corrected chi connectivity index (χ3v) is 4.14. The number of likely N-dealkylation sites (tertiary alicyclic amines) is 1. The zero-order valence-corrected chi connectivity index (χ0v) is 13.5. The normalized spacial score (nSPS) is 19.3. The van der Waals surface area contributed by atoms with Gasteiger partial charge in [-0.05, 0) is 27.1 Å². The highest BCUT2D eigenvalue weighted by molar-refractivity contribution is 6.30. The van der Waals surface area contributed by atoms with E-state index < -0.39 is 0 Å². The Morgan fingerprint density at radius 2 is 2.43 bits per heavy atom. The number of nitrogens with zero attached hydrogens (tertiary/aromatic N) is 4. The summed E-state index contributed by atoms with van der Waals surface area (Å²) in [4.78, 5) is 16.4. The molecule has 2 rings (SSSR count). The zero-order valence-electron chi connectivity index (χ0n) is 12.8. The maximum atomic E-state index is 11.8. The predicted octanol–water partition coefficient (Wildman–Crippen LogP) is 0.679. The molecule has 0 saturated carbocycles. The Hall–Kier alpha value is -1.11. The van der Waals surface area contributed by atoms with Crippen molar-refractivity contribution in [2.75, 3.05) is 40.3 Å². The fourth-order valence-corrected chi connectivity index (χ4v) is 2.75. The molecular weight excluding hydrogens is 290 g/mol. The van der Waals surface area contributed by atoms with Crippen LogP contribution in [0.1, 0.15) is 12.8 Å². The molecule has 0 radical (unpaired) electrons. The first-order valence-electron chi connectivity index (χ1n) is 7.38. The molecule has 0 aliphatic carbocycles. The van der Waals surface area contributed by atoms with Crippen molar-refractivity contribution >= 4 is 17.5 Å². The van der Waals surface area contributed by atoms with Gasteiger partial charge in [-0.3, -0.25) is 9.48 Å². The first kappa shape index (κ1) is 16.3. The van der Waals surface area contributed by atoms with E-state index in [-0.39, 0.29) is 5.91 Å². The van der Waals surface area contributed by atoms with Crippen molar-refractivity contribution in [3.63, 3.8) is 0 Å². The topological polar surface area (TPSA) is 53.4 Å². The van der Waals surface area contributed by atoms with E-state index in [1.54, 1.807) is 17.1 Å². The molecule has 0 aromatic carbocycles. The molecule has 1 amide bonds. The summed E-state index contributed by atoms with van der Waals surface area (Å²) in [5.74, 6) is 0.0893. The Balaban J connectivity index is 1.59. The van der Waals surface area contributed by atoms with E-state index in [2.05, 4.69) is 34.3 Å². The van der Waals surface area contributed by atoms with Crippen LogP contribution in [0, 0.1) is 0 Å². The lowest BCUT2D eigenvalue weighted by Gasteiger charge is -2.23. The minimum atomic E-state index is 0.0893.